The van der Waals surface area contributed by atoms with E-state index >= 15 is 0 Å². The lowest BCUT2D eigenvalue weighted by Crippen LogP contribution is -2.32. The highest BCUT2D eigenvalue weighted by Gasteiger charge is 2.16. The highest BCUT2D eigenvalue weighted by Crippen LogP contribution is 2.24. The second-order valence-corrected chi connectivity index (χ2v) is 5.54. The summed E-state index contributed by atoms with van der Waals surface area (Å²) in [7, 11) is 2.18. The van der Waals surface area contributed by atoms with Gasteiger partial charge in [0.2, 0.25) is 0 Å². The van der Waals surface area contributed by atoms with Crippen LogP contribution in [0.4, 0.5) is 5.69 Å². The third-order valence-electron chi connectivity index (χ3n) is 3.96. The fraction of sp³-hybridized carbons (Fsp3) is 0.625. The Hall–Kier alpha value is -1.26. The number of ether oxygens (including phenoxy) is 1. The number of anilines is 1. The average molecular weight is 278 g/mol. The molecule has 1 aromatic carbocycles. The second kappa shape index (κ2) is 7.50. The molecule has 4 heteroatoms. The monoisotopic (exact) mass is 278 g/mol. The predicted molar refractivity (Wildman–Crippen MR) is 82.2 cm³/mol. The largest absolute Gasteiger partial charge is 0.494 e. The molecule has 20 heavy (non-hydrogen) atoms. The molecule has 0 unspecified atom stereocenters. The van der Waals surface area contributed by atoms with Crippen molar-refractivity contribution in [2.75, 3.05) is 38.6 Å². The van der Waals surface area contributed by atoms with Gasteiger partial charge < -0.3 is 20.1 Å². The molecular formula is C16H26N2O2. The summed E-state index contributed by atoms with van der Waals surface area (Å²) < 4.78 is 5.50. The van der Waals surface area contributed by atoms with Gasteiger partial charge >= 0.3 is 0 Å². The molecule has 0 spiro atoms. The fourth-order valence-electron chi connectivity index (χ4n) is 2.64. The topological polar surface area (TPSA) is 44.7 Å². The first-order chi connectivity index (χ1) is 9.72. The summed E-state index contributed by atoms with van der Waals surface area (Å²) in [4.78, 5) is 2.39. The third-order valence-corrected chi connectivity index (χ3v) is 3.96. The number of aliphatic hydroxyl groups is 1. The minimum absolute atomic E-state index is 0.0130. The normalized spacial score (nSPS) is 17.1. The van der Waals surface area contributed by atoms with Gasteiger partial charge in [0, 0.05) is 17.8 Å². The summed E-state index contributed by atoms with van der Waals surface area (Å²) >= 11 is 0. The van der Waals surface area contributed by atoms with Gasteiger partial charge in [-0.25, -0.2) is 0 Å². The summed E-state index contributed by atoms with van der Waals surface area (Å²) in [6.45, 7) is 5.98. The molecule has 0 radical (unpaired) electrons. The molecule has 112 valence electrons. The highest BCUT2D eigenvalue weighted by molar-refractivity contribution is 5.51. The van der Waals surface area contributed by atoms with Crippen molar-refractivity contribution in [2.24, 2.45) is 5.92 Å². The van der Waals surface area contributed by atoms with E-state index in [0.717, 1.165) is 29.5 Å². The van der Waals surface area contributed by atoms with Crippen LogP contribution >= 0.6 is 0 Å². The Morgan fingerprint density at radius 1 is 1.35 bits per heavy atom. The molecule has 1 aliphatic rings. The van der Waals surface area contributed by atoms with Gasteiger partial charge in [0.15, 0.2) is 0 Å². The van der Waals surface area contributed by atoms with Gasteiger partial charge in [0.25, 0.3) is 0 Å². The number of hydrogen-bond acceptors (Lipinski definition) is 4. The molecule has 2 rings (SSSR count). The molecular weight excluding hydrogens is 252 g/mol. The minimum atomic E-state index is 0.0130. The molecule has 1 aromatic rings. The first kappa shape index (κ1) is 15.1. The smallest absolute Gasteiger partial charge is 0.124 e. The SMILES string of the molecule is CCOc1ccc(NCC2CCN(C)CC2)cc1CO. The first-order valence-corrected chi connectivity index (χ1v) is 7.52. The van der Waals surface area contributed by atoms with E-state index < -0.39 is 0 Å². The van der Waals surface area contributed by atoms with Gasteiger partial charge in [0.1, 0.15) is 5.75 Å². The summed E-state index contributed by atoms with van der Waals surface area (Å²) in [6, 6.07) is 5.95. The van der Waals surface area contributed by atoms with Crippen molar-refractivity contribution < 1.29 is 9.84 Å². The standard InChI is InChI=1S/C16H26N2O2/c1-3-20-16-5-4-15(10-14(16)12-19)17-11-13-6-8-18(2)9-7-13/h4-5,10,13,17,19H,3,6-9,11-12H2,1-2H3. The maximum absolute atomic E-state index is 9.40. The number of piperidine rings is 1. The zero-order valence-corrected chi connectivity index (χ0v) is 12.6. The molecule has 0 atom stereocenters. The fourth-order valence-corrected chi connectivity index (χ4v) is 2.64. The molecule has 1 aliphatic heterocycles. The molecule has 1 saturated heterocycles. The number of nitrogens with one attached hydrogen (secondary N) is 1. The second-order valence-electron chi connectivity index (χ2n) is 5.54. The van der Waals surface area contributed by atoms with Crippen LogP contribution in [0.3, 0.4) is 0 Å². The lowest BCUT2D eigenvalue weighted by atomic mass is 9.97. The van der Waals surface area contributed by atoms with Gasteiger partial charge in [-0.15, -0.1) is 0 Å². The lowest BCUT2D eigenvalue weighted by molar-refractivity contribution is 0.226. The Kier molecular flexibility index (Phi) is 5.68. The van der Waals surface area contributed by atoms with Crippen LogP contribution in [0.15, 0.2) is 18.2 Å². The van der Waals surface area contributed by atoms with Crippen molar-refractivity contribution in [2.45, 2.75) is 26.4 Å². The van der Waals surface area contributed by atoms with Crippen molar-refractivity contribution in [3.63, 3.8) is 0 Å². The molecule has 0 aliphatic carbocycles. The summed E-state index contributed by atoms with van der Waals surface area (Å²) in [6.07, 6.45) is 2.51. The van der Waals surface area contributed by atoms with E-state index in [1.165, 1.54) is 25.9 Å². The van der Waals surface area contributed by atoms with E-state index in [4.69, 9.17) is 4.74 Å². The Morgan fingerprint density at radius 2 is 2.10 bits per heavy atom. The number of rotatable bonds is 6. The van der Waals surface area contributed by atoms with Crippen LogP contribution in [0.2, 0.25) is 0 Å². The molecule has 1 heterocycles. The van der Waals surface area contributed by atoms with Crippen molar-refractivity contribution in [1.82, 2.24) is 4.90 Å². The maximum Gasteiger partial charge on any atom is 0.124 e. The lowest BCUT2D eigenvalue weighted by Gasteiger charge is -2.29. The van der Waals surface area contributed by atoms with Crippen LogP contribution in [0.5, 0.6) is 5.75 Å². The van der Waals surface area contributed by atoms with Gasteiger partial charge in [-0.05, 0) is 64.0 Å². The van der Waals surface area contributed by atoms with E-state index in [9.17, 15) is 5.11 Å². The number of hydrogen-bond donors (Lipinski definition) is 2. The first-order valence-electron chi connectivity index (χ1n) is 7.52. The van der Waals surface area contributed by atoms with Crippen LogP contribution in [0.1, 0.15) is 25.3 Å². The van der Waals surface area contributed by atoms with Crippen LogP contribution in [-0.4, -0.2) is 43.3 Å². The van der Waals surface area contributed by atoms with Crippen molar-refractivity contribution >= 4 is 5.69 Å². The molecule has 1 fully saturated rings. The predicted octanol–water partition coefficient (Wildman–Crippen LogP) is 2.33. The highest BCUT2D eigenvalue weighted by atomic mass is 16.5. The molecule has 0 saturated carbocycles. The number of likely N-dealkylation sites (tertiary alicyclic amines) is 1. The minimum Gasteiger partial charge on any atom is -0.494 e. The Labute approximate surface area is 121 Å². The summed E-state index contributed by atoms with van der Waals surface area (Å²) in [5.41, 5.74) is 1.91. The van der Waals surface area contributed by atoms with Gasteiger partial charge in [-0.1, -0.05) is 0 Å². The zero-order valence-electron chi connectivity index (χ0n) is 12.6. The van der Waals surface area contributed by atoms with Crippen LogP contribution in [0, 0.1) is 5.92 Å². The van der Waals surface area contributed by atoms with Gasteiger partial charge in [-0.3, -0.25) is 0 Å². The molecule has 4 nitrogen and oxygen atoms in total. The van der Waals surface area contributed by atoms with E-state index in [0.29, 0.717) is 6.61 Å². The maximum atomic E-state index is 9.40. The Balaban J connectivity index is 1.89. The molecule has 0 aromatic heterocycles. The van der Waals surface area contributed by atoms with E-state index in [2.05, 4.69) is 17.3 Å². The summed E-state index contributed by atoms with van der Waals surface area (Å²) in [5, 5.41) is 12.9. The van der Waals surface area contributed by atoms with Crippen molar-refractivity contribution in [3.05, 3.63) is 23.8 Å². The third kappa shape index (κ3) is 4.12. The number of nitrogens with zero attached hydrogens (tertiary/aromatic N) is 1. The Bertz CT molecular complexity index is 415. The molecule has 2 N–H and O–H groups in total. The van der Waals surface area contributed by atoms with E-state index in [1.54, 1.807) is 0 Å². The van der Waals surface area contributed by atoms with Crippen LogP contribution < -0.4 is 10.1 Å². The zero-order chi connectivity index (χ0) is 14.4. The number of benzene rings is 1. The van der Waals surface area contributed by atoms with Gasteiger partial charge in [-0.2, -0.15) is 0 Å². The average Bonchev–Trinajstić information content (AvgIpc) is 2.48. The van der Waals surface area contributed by atoms with E-state index in [1.807, 2.05) is 25.1 Å². The van der Waals surface area contributed by atoms with Gasteiger partial charge in [0.05, 0.1) is 13.2 Å². The van der Waals surface area contributed by atoms with E-state index in [-0.39, 0.29) is 6.61 Å². The summed E-state index contributed by atoms with van der Waals surface area (Å²) in [5.74, 6) is 1.52. The Morgan fingerprint density at radius 3 is 2.75 bits per heavy atom. The van der Waals surface area contributed by atoms with Crippen LogP contribution in [-0.2, 0) is 6.61 Å². The van der Waals surface area contributed by atoms with Crippen molar-refractivity contribution in [1.29, 1.82) is 0 Å². The molecule has 0 amide bonds. The van der Waals surface area contributed by atoms with Crippen LogP contribution in [0.25, 0.3) is 0 Å². The molecule has 0 bridgehead atoms. The quantitative estimate of drug-likeness (QED) is 0.838. The number of aliphatic hydroxyl groups excluding tert-OH is 1. The van der Waals surface area contributed by atoms with Crippen molar-refractivity contribution in [3.8, 4) is 5.75 Å².